The molecule has 1 unspecified atom stereocenters. The molecule has 1 aromatic carbocycles. The Bertz CT molecular complexity index is 893. The van der Waals surface area contributed by atoms with Gasteiger partial charge < -0.3 is 10.0 Å². The average Bonchev–Trinajstić information content (AvgIpc) is 3.27. The minimum atomic E-state index is -1.87. The van der Waals surface area contributed by atoms with Gasteiger partial charge in [-0.3, -0.25) is 9.48 Å². The number of hydrogen-bond donors (Lipinski definition) is 1. The maximum absolute atomic E-state index is 12.9. The maximum atomic E-state index is 12.9. The summed E-state index contributed by atoms with van der Waals surface area (Å²) < 4.78 is 1.32. The predicted molar refractivity (Wildman–Crippen MR) is 87.8 cm³/mol. The number of anilines is 1. The molecule has 2 aliphatic rings. The summed E-state index contributed by atoms with van der Waals surface area (Å²) in [5.74, 6) is 5.54. The number of amides is 1. The van der Waals surface area contributed by atoms with Crippen LogP contribution < -0.4 is 4.90 Å². The number of aliphatic hydroxyl groups is 1. The Hall–Kier alpha value is -2.36. The summed E-state index contributed by atoms with van der Waals surface area (Å²) >= 11 is 6.06. The lowest BCUT2D eigenvalue weighted by Crippen LogP contribution is -2.39. The van der Waals surface area contributed by atoms with Crippen molar-refractivity contribution in [2.45, 2.75) is 25.0 Å². The first-order valence-electron chi connectivity index (χ1n) is 7.56. The van der Waals surface area contributed by atoms with E-state index in [1.807, 2.05) is 0 Å². The van der Waals surface area contributed by atoms with Crippen molar-refractivity contribution in [3.63, 3.8) is 0 Å². The molecule has 1 fully saturated rings. The Balaban J connectivity index is 1.77. The van der Waals surface area contributed by atoms with Gasteiger partial charge in [-0.2, -0.15) is 0 Å². The molecule has 2 heterocycles. The fourth-order valence-electron chi connectivity index (χ4n) is 2.74. The Morgan fingerprint density at radius 2 is 2.25 bits per heavy atom. The van der Waals surface area contributed by atoms with E-state index in [2.05, 4.69) is 29.2 Å². The smallest absolute Gasteiger partial charge is 0.277 e. The third-order valence-electron chi connectivity index (χ3n) is 4.13. The molecule has 7 heteroatoms. The van der Waals surface area contributed by atoms with E-state index < -0.39 is 11.5 Å². The topological polar surface area (TPSA) is 71.2 Å². The average molecular weight is 342 g/mol. The molecule has 6 nitrogen and oxygen atoms in total. The summed E-state index contributed by atoms with van der Waals surface area (Å²) in [4.78, 5) is 14.4. The van der Waals surface area contributed by atoms with E-state index in [-0.39, 0.29) is 12.5 Å². The molecule has 1 aliphatic heterocycles. The fraction of sp³-hybridized carbons (Fsp3) is 0.294. The van der Waals surface area contributed by atoms with E-state index in [4.69, 9.17) is 11.6 Å². The monoisotopic (exact) mass is 341 g/mol. The second-order valence-electron chi connectivity index (χ2n) is 6.06. The Labute approximate surface area is 144 Å². The summed E-state index contributed by atoms with van der Waals surface area (Å²) in [6.07, 6.45) is 3.64. The van der Waals surface area contributed by atoms with Crippen LogP contribution in [0.5, 0.6) is 0 Å². The zero-order valence-corrected chi connectivity index (χ0v) is 13.5. The largest absolute Gasteiger partial charge is 0.366 e. The zero-order valence-electron chi connectivity index (χ0n) is 12.7. The minimum Gasteiger partial charge on any atom is -0.366 e. The summed E-state index contributed by atoms with van der Waals surface area (Å²) in [5.41, 5.74) is -0.312. The molecule has 1 saturated carbocycles. The van der Waals surface area contributed by atoms with Crippen LogP contribution in [0.2, 0.25) is 5.02 Å². The molecule has 1 amide bonds. The van der Waals surface area contributed by atoms with Gasteiger partial charge in [-0.25, -0.2) is 0 Å². The van der Waals surface area contributed by atoms with Crippen LogP contribution >= 0.6 is 11.6 Å². The molecule has 1 N–H and O–H groups in total. The molecule has 1 aromatic heterocycles. The number of rotatable bonds is 2. The minimum absolute atomic E-state index is 0.177. The second kappa shape index (κ2) is 5.33. The molecule has 121 valence electrons. The first-order valence-corrected chi connectivity index (χ1v) is 7.94. The van der Waals surface area contributed by atoms with Crippen molar-refractivity contribution in [3.05, 3.63) is 47.7 Å². The Kier molecular flexibility index (Phi) is 3.37. The van der Waals surface area contributed by atoms with Crippen molar-refractivity contribution in [2.24, 2.45) is 5.92 Å². The quantitative estimate of drug-likeness (QED) is 0.844. The van der Waals surface area contributed by atoms with Crippen LogP contribution in [0.25, 0.3) is 0 Å². The van der Waals surface area contributed by atoms with E-state index >= 15 is 0 Å². The first-order chi connectivity index (χ1) is 11.5. The van der Waals surface area contributed by atoms with Gasteiger partial charge >= 0.3 is 0 Å². The molecule has 0 saturated heterocycles. The number of fused-ring (bicyclic) bond motifs is 1. The Morgan fingerprint density at radius 1 is 1.46 bits per heavy atom. The number of carbonyl (C=O) groups excluding carboxylic acids is 1. The van der Waals surface area contributed by atoms with Crippen molar-refractivity contribution in [2.75, 3.05) is 4.90 Å². The SMILES string of the molecule is [CH2]n1cc(CN2C(=O)C(O)(C#CC3CC3)c3cc(Cl)ccc32)nn1. The number of carbonyl (C=O) groups is 1. The molecular weight excluding hydrogens is 328 g/mol. The van der Waals surface area contributed by atoms with Crippen molar-refractivity contribution in [3.8, 4) is 11.8 Å². The van der Waals surface area contributed by atoms with E-state index in [0.29, 0.717) is 22.0 Å². The lowest BCUT2D eigenvalue weighted by atomic mass is 9.96. The van der Waals surface area contributed by atoms with E-state index in [9.17, 15) is 9.90 Å². The highest BCUT2D eigenvalue weighted by atomic mass is 35.5. The van der Waals surface area contributed by atoms with Crippen LogP contribution in [0, 0.1) is 24.8 Å². The van der Waals surface area contributed by atoms with Gasteiger partial charge in [0.1, 0.15) is 5.69 Å². The lowest BCUT2D eigenvalue weighted by Gasteiger charge is -2.17. The summed E-state index contributed by atoms with van der Waals surface area (Å²) in [7, 11) is 3.63. The Morgan fingerprint density at radius 3 is 2.92 bits per heavy atom. The van der Waals surface area contributed by atoms with Crippen LogP contribution in [-0.2, 0) is 16.9 Å². The molecule has 1 atom stereocenters. The molecule has 4 rings (SSSR count). The van der Waals surface area contributed by atoms with Crippen LogP contribution in [0.15, 0.2) is 24.4 Å². The van der Waals surface area contributed by atoms with Gasteiger partial charge in [-0.15, -0.1) is 5.10 Å². The number of aromatic nitrogens is 3. The van der Waals surface area contributed by atoms with Crippen LogP contribution in [0.1, 0.15) is 24.1 Å². The molecule has 0 bridgehead atoms. The van der Waals surface area contributed by atoms with Gasteiger partial charge in [0.15, 0.2) is 0 Å². The van der Waals surface area contributed by atoms with Crippen molar-refractivity contribution in [1.29, 1.82) is 0 Å². The molecule has 0 spiro atoms. The predicted octanol–water partition coefficient (Wildman–Crippen LogP) is 1.72. The van der Waals surface area contributed by atoms with E-state index in [1.165, 1.54) is 9.58 Å². The van der Waals surface area contributed by atoms with Gasteiger partial charge in [-0.05, 0) is 31.0 Å². The molecule has 1 aliphatic carbocycles. The van der Waals surface area contributed by atoms with Crippen molar-refractivity contribution in [1.82, 2.24) is 15.0 Å². The summed E-state index contributed by atoms with van der Waals surface area (Å²) in [5, 5.41) is 19.1. The number of benzene rings is 1. The number of halogens is 1. The van der Waals surface area contributed by atoms with E-state index in [1.54, 1.807) is 24.4 Å². The van der Waals surface area contributed by atoms with Gasteiger partial charge in [0.25, 0.3) is 5.91 Å². The molecule has 1 radical (unpaired) electrons. The third-order valence-corrected chi connectivity index (χ3v) is 4.37. The van der Waals surface area contributed by atoms with Gasteiger partial charge in [0, 0.05) is 16.5 Å². The van der Waals surface area contributed by atoms with E-state index in [0.717, 1.165) is 12.8 Å². The van der Waals surface area contributed by atoms with Crippen LogP contribution in [-0.4, -0.2) is 26.0 Å². The normalized spacial score (nSPS) is 22.3. The highest BCUT2D eigenvalue weighted by Gasteiger charge is 2.49. The molecule has 24 heavy (non-hydrogen) atoms. The second-order valence-corrected chi connectivity index (χ2v) is 6.49. The highest BCUT2D eigenvalue weighted by Crippen LogP contribution is 2.42. The van der Waals surface area contributed by atoms with Gasteiger partial charge in [0.05, 0.1) is 25.5 Å². The van der Waals surface area contributed by atoms with Crippen LogP contribution in [0.3, 0.4) is 0 Å². The number of nitrogens with zero attached hydrogens (tertiary/aromatic N) is 4. The zero-order chi connectivity index (χ0) is 16.9. The highest BCUT2D eigenvalue weighted by molar-refractivity contribution is 6.31. The summed E-state index contributed by atoms with van der Waals surface area (Å²) in [6.45, 7) is 0.177. The number of hydrogen-bond acceptors (Lipinski definition) is 4. The third kappa shape index (κ3) is 2.46. The lowest BCUT2D eigenvalue weighted by molar-refractivity contribution is -0.130. The van der Waals surface area contributed by atoms with Gasteiger partial charge in [0.2, 0.25) is 5.60 Å². The standard InChI is InChI=1S/C17H14ClN4O2/c1-21-9-13(19-20-21)10-22-15-5-4-12(18)8-14(15)17(24,16(22)23)7-6-11-2-3-11/h4-5,8-9,11,24H,1-3,10H2. The maximum Gasteiger partial charge on any atom is 0.277 e. The van der Waals surface area contributed by atoms with Crippen LogP contribution in [0.4, 0.5) is 5.69 Å². The fourth-order valence-corrected chi connectivity index (χ4v) is 2.91. The van der Waals surface area contributed by atoms with Crippen molar-refractivity contribution < 1.29 is 9.90 Å². The van der Waals surface area contributed by atoms with Gasteiger partial charge in [-0.1, -0.05) is 28.7 Å². The molecular formula is C17H14ClN4O2. The first kappa shape index (κ1) is 15.2. The van der Waals surface area contributed by atoms with Crippen molar-refractivity contribution >= 4 is 23.2 Å². The summed E-state index contributed by atoms with van der Waals surface area (Å²) in [6, 6.07) is 4.98. The molecule has 2 aromatic rings.